The van der Waals surface area contributed by atoms with Crippen LogP contribution in [-0.4, -0.2) is 58.9 Å². The topological polar surface area (TPSA) is 52.6 Å². The summed E-state index contributed by atoms with van der Waals surface area (Å²) >= 11 is 0. The van der Waals surface area contributed by atoms with E-state index < -0.39 is 0 Å². The van der Waals surface area contributed by atoms with Gasteiger partial charge in [-0.05, 0) is 20.0 Å². The van der Waals surface area contributed by atoms with E-state index in [-0.39, 0.29) is 5.91 Å². The SMILES string of the molecule is C=CC(=O)N1CCN(c2nc(C)nc3c2CN(C)C3)CC1. The summed E-state index contributed by atoms with van der Waals surface area (Å²) in [4.78, 5) is 27.2. The molecule has 1 fully saturated rings. The molecule has 3 rings (SSSR count). The number of rotatable bonds is 2. The number of hydrogen-bond acceptors (Lipinski definition) is 5. The van der Waals surface area contributed by atoms with Crippen molar-refractivity contribution in [2.24, 2.45) is 0 Å². The molecule has 2 aliphatic heterocycles. The Morgan fingerprint density at radius 3 is 2.57 bits per heavy atom. The lowest BCUT2D eigenvalue weighted by molar-refractivity contribution is -0.126. The Morgan fingerprint density at radius 2 is 1.90 bits per heavy atom. The Bertz CT molecular complexity index is 578. The summed E-state index contributed by atoms with van der Waals surface area (Å²) in [7, 11) is 2.10. The smallest absolute Gasteiger partial charge is 0.246 e. The number of piperazine rings is 1. The third-order valence-corrected chi connectivity index (χ3v) is 4.10. The molecule has 0 aliphatic carbocycles. The van der Waals surface area contributed by atoms with Gasteiger partial charge in [-0.2, -0.15) is 0 Å². The van der Waals surface area contributed by atoms with E-state index in [0.29, 0.717) is 0 Å². The van der Waals surface area contributed by atoms with Crippen LogP contribution in [0.2, 0.25) is 0 Å². The highest BCUT2D eigenvalue weighted by Gasteiger charge is 2.27. The number of anilines is 1. The molecule has 1 aromatic rings. The minimum Gasteiger partial charge on any atom is -0.353 e. The first kappa shape index (κ1) is 14.0. The molecular weight excluding hydrogens is 266 g/mol. The van der Waals surface area contributed by atoms with Crippen molar-refractivity contribution in [3.05, 3.63) is 29.7 Å². The molecule has 0 unspecified atom stereocenters. The Labute approximate surface area is 125 Å². The number of aryl methyl sites for hydroxylation is 1. The summed E-state index contributed by atoms with van der Waals surface area (Å²) in [6.45, 7) is 10.3. The average Bonchev–Trinajstić information content (AvgIpc) is 2.85. The van der Waals surface area contributed by atoms with Gasteiger partial charge in [0.1, 0.15) is 11.6 Å². The van der Waals surface area contributed by atoms with Crippen molar-refractivity contribution < 1.29 is 4.79 Å². The number of aromatic nitrogens is 2. The molecule has 1 amide bonds. The second kappa shape index (κ2) is 5.44. The van der Waals surface area contributed by atoms with Gasteiger partial charge in [-0.25, -0.2) is 9.97 Å². The van der Waals surface area contributed by atoms with E-state index in [1.165, 1.54) is 11.6 Å². The van der Waals surface area contributed by atoms with Crippen molar-refractivity contribution in [2.45, 2.75) is 20.0 Å². The number of carbonyl (C=O) groups is 1. The highest BCUT2D eigenvalue weighted by molar-refractivity contribution is 5.87. The molecule has 1 saturated heterocycles. The summed E-state index contributed by atoms with van der Waals surface area (Å²) in [5.41, 5.74) is 2.39. The van der Waals surface area contributed by atoms with E-state index in [0.717, 1.165) is 56.6 Å². The Balaban J connectivity index is 1.80. The summed E-state index contributed by atoms with van der Waals surface area (Å²) in [6.07, 6.45) is 1.39. The summed E-state index contributed by atoms with van der Waals surface area (Å²) < 4.78 is 0. The van der Waals surface area contributed by atoms with E-state index in [2.05, 4.69) is 33.4 Å². The van der Waals surface area contributed by atoms with Crippen molar-refractivity contribution >= 4 is 11.7 Å². The molecule has 0 radical (unpaired) electrons. The third kappa shape index (κ3) is 2.63. The van der Waals surface area contributed by atoms with Gasteiger partial charge in [-0.3, -0.25) is 9.69 Å². The fourth-order valence-electron chi connectivity index (χ4n) is 3.04. The lowest BCUT2D eigenvalue weighted by atomic mass is 10.2. The maximum atomic E-state index is 11.7. The van der Waals surface area contributed by atoms with Crippen LogP contribution in [0, 0.1) is 6.92 Å². The molecule has 6 nitrogen and oxygen atoms in total. The normalized spacial score (nSPS) is 18.8. The van der Waals surface area contributed by atoms with E-state index in [1.54, 1.807) is 0 Å². The zero-order valence-corrected chi connectivity index (χ0v) is 12.7. The van der Waals surface area contributed by atoms with Crippen LogP contribution in [0.1, 0.15) is 17.1 Å². The molecule has 2 aliphatic rings. The molecule has 1 aromatic heterocycles. The van der Waals surface area contributed by atoms with E-state index in [4.69, 9.17) is 0 Å². The van der Waals surface area contributed by atoms with Crippen LogP contribution in [0.15, 0.2) is 12.7 Å². The molecule has 0 bridgehead atoms. The lowest BCUT2D eigenvalue weighted by Gasteiger charge is -2.35. The van der Waals surface area contributed by atoms with Gasteiger partial charge in [0.15, 0.2) is 0 Å². The first-order chi connectivity index (χ1) is 10.1. The summed E-state index contributed by atoms with van der Waals surface area (Å²) in [5, 5.41) is 0. The Kier molecular flexibility index (Phi) is 3.63. The molecular formula is C15H21N5O. The fourth-order valence-corrected chi connectivity index (χ4v) is 3.04. The van der Waals surface area contributed by atoms with Crippen LogP contribution >= 0.6 is 0 Å². The van der Waals surface area contributed by atoms with Crippen LogP contribution in [-0.2, 0) is 17.9 Å². The van der Waals surface area contributed by atoms with E-state index >= 15 is 0 Å². The van der Waals surface area contributed by atoms with E-state index in [9.17, 15) is 4.79 Å². The van der Waals surface area contributed by atoms with E-state index in [1.807, 2.05) is 11.8 Å². The minimum atomic E-state index is 0.0125. The van der Waals surface area contributed by atoms with Crippen LogP contribution < -0.4 is 4.90 Å². The molecule has 3 heterocycles. The maximum absolute atomic E-state index is 11.7. The van der Waals surface area contributed by atoms with Gasteiger partial charge < -0.3 is 9.80 Å². The zero-order chi connectivity index (χ0) is 15.0. The second-order valence-electron chi connectivity index (χ2n) is 5.71. The van der Waals surface area contributed by atoms with Crippen LogP contribution in [0.25, 0.3) is 0 Å². The Morgan fingerprint density at radius 1 is 1.19 bits per heavy atom. The van der Waals surface area contributed by atoms with Crippen molar-refractivity contribution in [2.75, 3.05) is 38.1 Å². The first-order valence-electron chi connectivity index (χ1n) is 7.29. The van der Waals surface area contributed by atoms with Crippen molar-refractivity contribution in [1.82, 2.24) is 19.8 Å². The van der Waals surface area contributed by atoms with Crippen LogP contribution in [0.5, 0.6) is 0 Å². The second-order valence-corrected chi connectivity index (χ2v) is 5.71. The number of carbonyl (C=O) groups excluding carboxylic acids is 1. The molecule has 112 valence electrons. The molecule has 6 heteroatoms. The predicted octanol–water partition coefficient (Wildman–Crippen LogP) is 0.565. The quantitative estimate of drug-likeness (QED) is 0.744. The minimum absolute atomic E-state index is 0.0125. The van der Waals surface area contributed by atoms with Gasteiger partial charge in [0.25, 0.3) is 0 Å². The highest BCUT2D eigenvalue weighted by atomic mass is 16.2. The van der Waals surface area contributed by atoms with Gasteiger partial charge in [-0.15, -0.1) is 0 Å². The van der Waals surface area contributed by atoms with Gasteiger partial charge in [0.2, 0.25) is 5.91 Å². The lowest BCUT2D eigenvalue weighted by Crippen LogP contribution is -2.48. The fraction of sp³-hybridized carbons (Fsp3) is 0.533. The number of nitrogens with zero attached hydrogens (tertiary/aromatic N) is 5. The zero-order valence-electron chi connectivity index (χ0n) is 12.7. The van der Waals surface area contributed by atoms with Gasteiger partial charge >= 0.3 is 0 Å². The standard InChI is InChI=1S/C15H21N5O/c1-4-14(21)19-5-7-20(8-6-19)15-12-9-18(3)10-13(12)16-11(2)17-15/h4H,1,5-10H2,2-3H3. The molecule has 21 heavy (non-hydrogen) atoms. The average molecular weight is 287 g/mol. The predicted molar refractivity (Wildman–Crippen MR) is 80.9 cm³/mol. The van der Waals surface area contributed by atoms with Crippen molar-refractivity contribution in [3.8, 4) is 0 Å². The third-order valence-electron chi connectivity index (χ3n) is 4.10. The Hall–Kier alpha value is -1.95. The monoisotopic (exact) mass is 287 g/mol. The summed E-state index contributed by atoms with van der Waals surface area (Å²) in [6, 6.07) is 0. The van der Waals surface area contributed by atoms with Crippen molar-refractivity contribution in [3.63, 3.8) is 0 Å². The van der Waals surface area contributed by atoms with Gasteiger partial charge in [-0.1, -0.05) is 6.58 Å². The van der Waals surface area contributed by atoms with Gasteiger partial charge in [0.05, 0.1) is 5.69 Å². The van der Waals surface area contributed by atoms with Crippen LogP contribution in [0.3, 0.4) is 0 Å². The maximum Gasteiger partial charge on any atom is 0.246 e. The number of amides is 1. The van der Waals surface area contributed by atoms with Crippen molar-refractivity contribution in [1.29, 1.82) is 0 Å². The number of fused-ring (bicyclic) bond motifs is 1. The molecule has 0 N–H and O–H groups in total. The summed E-state index contributed by atoms with van der Waals surface area (Å²) in [5.74, 6) is 1.88. The number of hydrogen-bond donors (Lipinski definition) is 0. The molecule has 0 aromatic carbocycles. The molecule has 0 saturated carbocycles. The largest absolute Gasteiger partial charge is 0.353 e. The van der Waals surface area contributed by atoms with Crippen LogP contribution in [0.4, 0.5) is 5.82 Å². The molecule has 0 spiro atoms. The first-order valence-corrected chi connectivity index (χ1v) is 7.29. The molecule has 0 atom stereocenters. The highest BCUT2D eigenvalue weighted by Crippen LogP contribution is 2.28. The van der Waals surface area contributed by atoms with Gasteiger partial charge in [0, 0.05) is 44.8 Å².